The lowest BCUT2D eigenvalue weighted by molar-refractivity contribution is 0.0996. The number of aromatic nitrogens is 5. The molecule has 14 heteroatoms. The molecule has 3 N–H and O–H groups in total. The third kappa shape index (κ3) is 5.80. The van der Waals surface area contributed by atoms with Crippen molar-refractivity contribution in [3.8, 4) is 6.07 Å². The van der Waals surface area contributed by atoms with Gasteiger partial charge in [0.2, 0.25) is 0 Å². The molecule has 37 heavy (non-hydrogen) atoms. The maximum atomic E-state index is 10.4. The maximum absolute atomic E-state index is 10.4. The third-order valence-corrected chi connectivity index (χ3v) is 8.19. The van der Waals surface area contributed by atoms with Crippen LogP contribution >= 0.6 is 40.0 Å². The van der Waals surface area contributed by atoms with Gasteiger partial charge < -0.3 is 15.6 Å². The van der Waals surface area contributed by atoms with Crippen molar-refractivity contribution in [1.82, 2.24) is 29.3 Å². The van der Waals surface area contributed by atoms with Crippen molar-refractivity contribution >= 4 is 68.6 Å². The lowest BCUT2D eigenvalue weighted by Gasteiger charge is -2.40. The van der Waals surface area contributed by atoms with Crippen LogP contribution in [-0.2, 0) is 0 Å². The summed E-state index contributed by atoms with van der Waals surface area (Å²) in [7, 11) is 4.04. The molecule has 0 radical (unpaired) electrons. The Kier molecular flexibility index (Phi) is 8.81. The highest BCUT2D eigenvalue weighted by atomic mass is 127. The van der Waals surface area contributed by atoms with E-state index in [4.69, 9.17) is 17.3 Å². The molecule has 4 heterocycles. The molecule has 2 unspecified atom stereocenters. The van der Waals surface area contributed by atoms with Gasteiger partial charge in [0, 0.05) is 33.3 Å². The van der Waals surface area contributed by atoms with E-state index in [2.05, 4.69) is 75.1 Å². The van der Waals surface area contributed by atoms with Crippen LogP contribution in [0, 0.1) is 17.2 Å². The highest BCUT2D eigenvalue weighted by molar-refractivity contribution is 14.2. The lowest BCUT2D eigenvalue weighted by atomic mass is 10.1. The Balaban J connectivity index is 0.000000301. The number of fused-ring (bicyclic) bond motifs is 1. The molecule has 192 valence electrons. The molecule has 1 saturated heterocycles. The number of nitrogens with one attached hydrogen (secondary N) is 1. The molecule has 1 aromatic carbocycles. The molecule has 5 rings (SSSR count). The molecular formula is C23H25ClIN10OP. The molecule has 3 atom stereocenters. The first-order valence-corrected chi connectivity index (χ1v) is 15.6. The average Bonchev–Trinajstić information content (AvgIpc) is 3.63. The maximum Gasteiger partial charge on any atom is 0.266 e. The summed E-state index contributed by atoms with van der Waals surface area (Å²) in [4.78, 5) is 28.8. The number of carbonyl (C=O) groups excluding carboxylic acids is 1. The summed E-state index contributed by atoms with van der Waals surface area (Å²) in [6, 6.07) is 14.2. The minimum absolute atomic E-state index is 0.0349. The zero-order valence-corrected chi connectivity index (χ0v) is 24.0. The van der Waals surface area contributed by atoms with Gasteiger partial charge in [-0.2, -0.15) is 5.26 Å². The summed E-state index contributed by atoms with van der Waals surface area (Å²) in [5.41, 5.74) is 7.85. The lowest BCUT2D eigenvalue weighted by Crippen LogP contribution is -2.51. The fourth-order valence-corrected chi connectivity index (χ4v) is 5.87. The van der Waals surface area contributed by atoms with Crippen LogP contribution in [0.15, 0.2) is 55.2 Å². The third-order valence-electron chi connectivity index (χ3n) is 5.81. The van der Waals surface area contributed by atoms with Gasteiger partial charge in [-0.25, -0.2) is 20.0 Å². The van der Waals surface area contributed by atoms with Gasteiger partial charge in [-0.1, -0.05) is 29.8 Å². The SMILES string of the molecule is CN(C)N(c1ccccc1)[C@@H]1CC(C#N)CN1c1ncnc2c1ncn2PI.NC(=O)c1[nH]ccc1Cl. The number of hydrazine groups is 1. The van der Waals surface area contributed by atoms with E-state index in [1.54, 1.807) is 18.6 Å². The number of nitriles is 1. The van der Waals surface area contributed by atoms with E-state index < -0.39 is 5.91 Å². The number of nitrogens with two attached hydrogens (primary N) is 1. The molecule has 11 nitrogen and oxygen atoms in total. The monoisotopic (exact) mass is 650 g/mol. The Morgan fingerprint density at radius 1 is 1.27 bits per heavy atom. The Morgan fingerprint density at radius 2 is 2.03 bits per heavy atom. The van der Waals surface area contributed by atoms with Crippen LogP contribution in [-0.4, -0.2) is 62.0 Å². The average molecular weight is 651 g/mol. The van der Waals surface area contributed by atoms with Crippen molar-refractivity contribution in [1.29, 1.82) is 5.26 Å². The molecule has 0 aliphatic carbocycles. The summed E-state index contributed by atoms with van der Waals surface area (Å²) < 4.78 is 2.02. The summed E-state index contributed by atoms with van der Waals surface area (Å²) in [5.74, 6) is 0.170. The fraction of sp³-hybridized carbons (Fsp3) is 0.261. The molecule has 0 spiro atoms. The second kappa shape index (κ2) is 12.0. The van der Waals surface area contributed by atoms with Crippen molar-refractivity contribution in [2.45, 2.75) is 12.6 Å². The largest absolute Gasteiger partial charge is 0.364 e. The van der Waals surface area contributed by atoms with E-state index in [9.17, 15) is 10.1 Å². The summed E-state index contributed by atoms with van der Waals surface area (Å²) in [6.45, 7) is 0.615. The van der Waals surface area contributed by atoms with Crippen LogP contribution in [0.5, 0.6) is 0 Å². The highest BCUT2D eigenvalue weighted by Gasteiger charge is 2.39. The molecule has 1 amide bonds. The number of amides is 1. The summed E-state index contributed by atoms with van der Waals surface area (Å²) >= 11 is 7.82. The van der Waals surface area contributed by atoms with Crippen LogP contribution in [0.3, 0.4) is 0 Å². The van der Waals surface area contributed by atoms with E-state index in [1.807, 2.05) is 43.0 Å². The van der Waals surface area contributed by atoms with E-state index >= 15 is 0 Å². The molecule has 1 aliphatic rings. The van der Waals surface area contributed by atoms with Gasteiger partial charge in [0.05, 0.1) is 29.1 Å². The molecular weight excluding hydrogens is 626 g/mol. The van der Waals surface area contributed by atoms with Crippen LogP contribution in [0.25, 0.3) is 11.2 Å². The zero-order chi connectivity index (χ0) is 26.5. The predicted octanol–water partition coefficient (Wildman–Crippen LogP) is 4.04. The minimum atomic E-state index is -0.537. The minimum Gasteiger partial charge on any atom is -0.364 e. The first kappa shape index (κ1) is 27.1. The van der Waals surface area contributed by atoms with Gasteiger partial charge in [-0.05, 0) is 40.2 Å². The number of carbonyl (C=O) groups is 1. The number of nitrogens with zero attached hydrogens (tertiary/aromatic N) is 8. The van der Waals surface area contributed by atoms with E-state index in [0.29, 0.717) is 17.9 Å². The van der Waals surface area contributed by atoms with E-state index in [0.717, 1.165) is 29.1 Å². The van der Waals surface area contributed by atoms with Gasteiger partial charge in [-0.15, -0.1) is 0 Å². The van der Waals surface area contributed by atoms with Crippen molar-refractivity contribution in [3.63, 3.8) is 0 Å². The quantitative estimate of drug-likeness (QED) is 0.181. The smallest absolute Gasteiger partial charge is 0.266 e. The first-order chi connectivity index (χ1) is 17.8. The number of para-hydroxylation sites is 1. The van der Waals surface area contributed by atoms with Crippen LogP contribution < -0.4 is 15.6 Å². The van der Waals surface area contributed by atoms with Crippen LogP contribution in [0.2, 0.25) is 5.02 Å². The van der Waals surface area contributed by atoms with E-state index in [1.165, 1.54) is 0 Å². The second-order valence-corrected chi connectivity index (χ2v) is 10.9. The topological polar surface area (TPSA) is 136 Å². The Hall–Kier alpha value is -2.98. The van der Waals surface area contributed by atoms with E-state index in [-0.39, 0.29) is 17.8 Å². The van der Waals surface area contributed by atoms with Gasteiger partial charge in [-0.3, -0.25) is 14.1 Å². The normalized spacial score (nSPS) is 17.2. The highest BCUT2D eigenvalue weighted by Crippen LogP contribution is 2.36. The molecule has 1 fully saturated rings. The molecule has 3 aromatic heterocycles. The van der Waals surface area contributed by atoms with Crippen LogP contribution in [0.1, 0.15) is 16.9 Å². The van der Waals surface area contributed by atoms with Crippen molar-refractivity contribution in [2.24, 2.45) is 11.7 Å². The van der Waals surface area contributed by atoms with Gasteiger partial charge in [0.1, 0.15) is 24.5 Å². The number of H-pyrrole nitrogens is 1. The summed E-state index contributed by atoms with van der Waals surface area (Å²) in [6.07, 6.45) is 6.16. The molecule has 0 saturated carbocycles. The number of rotatable bonds is 6. The van der Waals surface area contributed by atoms with Crippen molar-refractivity contribution < 1.29 is 4.79 Å². The van der Waals surface area contributed by atoms with Gasteiger partial charge in [0.25, 0.3) is 5.91 Å². The van der Waals surface area contributed by atoms with Gasteiger partial charge >= 0.3 is 0 Å². The zero-order valence-electron chi connectivity index (χ0n) is 20.1. The molecule has 1 aliphatic heterocycles. The number of primary amides is 1. The number of benzene rings is 1. The Morgan fingerprint density at radius 3 is 2.59 bits per heavy atom. The number of aromatic amines is 1. The molecule has 0 bridgehead atoms. The Bertz CT molecular complexity index is 1410. The fourth-order valence-electron chi connectivity index (χ4n) is 4.25. The van der Waals surface area contributed by atoms with Crippen molar-refractivity contribution in [3.05, 3.63) is 66.0 Å². The van der Waals surface area contributed by atoms with Crippen molar-refractivity contribution in [2.75, 3.05) is 30.5 Å². The molecule has 4 aromatic rings. The number of anilines is 2. The summed E-state index contributed by atoms with van der Waals surface area (Å²) in [5, 5.41) is 14.3. The van der Waals surface area contributed by atoms with Gasteiger partial charge in [0.15, 0.2) is 17.0 Å². The second-order valence-electron chi connectivity index (χ2n) is 8.36. The first-order valence-electron chi connectivity index (χ1n) is 11.2. The number of halogens is 2. The number of hydrogen-bond donors (Lipinski definition) is 2. The van der Waals surface area contributed by atoms with Crippen LogP contribution in [0.4, 0.5) is 11.5 Å². The number of hydrogen-bond acceptors (Lipinski definition) is 8. The Labute approximate surface area is 233 Å². The standard InChI is InChI=1S/C18H20IN8P.C5H5ClN2O/c1-24(2)27(14-6-4-3-5-7-14)15-8-13(9-20)10-25(15)17-16-18(22-11-21-17)26(28-19)12-23-16;6-3-1-2-8-4(3)5(7)9/h3-7,11-13,15,28H,8,10H2,1-2H3;1-2,8H,(H2,7,9)/t13?,15-;/m1./s1. The predicted molar refractivity (Wildman–Crippen MR) is 155 cm³/mol. The number of imidazole rings is 1.